The van der Waals surface area contributed by atoms with Crippen LogP contribution in [0.2, 0.25) is 0 Å². The van der Waals surface area contributed by atoms with Crippen molar-refractivity contribution in [2.24, 2.45) is 10.2 Å². The summed E-state index contributed by atoms with van der Waals surface area (Å²) in [4.78, 5) is 21.6. The Balaban J connectivity index is 1.69. The summed E-state index contributed by atoms with van der Waals surface area (Å²) in [5.41, 5.74) is 0.854. The molecule has 0 radical (unpaired) electrons. The monoisotopic (exact) mass is 434 g/mol. The Hall–Kier alpha value is -3.62. The van der Waals surface area contributed by atoms with Gasteiger partial charge in [0, 0.05) is 35.6 Å². The lowest BCUT2D eigenvalue weighted by Gasteiger charge is -2.47. The lowest BCUT2D eigenvalue weighted by Crippen LogP contribution is -2.58. The molecule has 0 spiro atoms. The number of azo groups is 1. The van der Waals surface area contributed by atoms with Crippen molar-refractivity contribution < 1.29 is 13.9 Å². The number of nitrogens with zero attached hydrogens (tertiary/aromatic N) is 4. The molecule has 5 rings (SSSR count). The van der Waals surface area contributed by atoms with Crippen LogP contribution in [0.15, 0.2) is 75.7 Å². The van der Waals surface area contributed by atoms with E-state index in [1.807, 2.05) is 32.9 Å². The van der Waals surface area contributed by atoms with E-state index >= 15 is 4.39 Å². The first-order valence-corrected chi connectivity index (χ1v) is 10.5. The second-order valence-electron chi connectivity index (χ2n) is 8.76. The van der Waals surface area contributed by atoms with E-state index < -0.39 is 23.1 Å². The molecule has 0 saturated carbocycles. The van der Waals surface area contributed by atoms with E-state index in [1.165, 1.54) is 0 Å². The topological polar surface area (TPSA) is 101 Å². The molecular formula is C23H23FN6O2. The maximum absolute atomic E-state index is 15.1. The van der Waals surface area contributed by atoms with Crippen LogP contribution in [0.5, 0.6) is 11.8 Å². The number of carbonyl (C=O) groups is 1. The van der Waals surface area contributed by atoms with E-state index in [0.717, 1.165) is 11.3 Å². The van der Waals surface area contributed by atoms with Crippen molar-refractivity contribution in [1.82, 2.24) is 20.6 Å². The van der Waals surface area contributed by atoms with Crippen molar-refractivity contribution in [3.63, 3.8) is 0 Å². The molecule has 1 aromatic heterocycles. The number of hydrogen-bond donors (Lipinski definition) is 2. The van der Waals surface area contributed by atoms with E-state index in [2.05, 4.69) is 30.8 Å². The zero-order valence-electron chi connectivity index (χ0n) is 18.0. The van der Waals surface area contributed by atoms with Crippen molar-refractivity contribution in [1.29, 1.82) is 0 Å². The number of carbonyl (C=O) groups excluding carboxylic acids is 1. The summed E-state index contributed by atoms with van der Waals surface area (Å²) in [7, 11) is 0. The summed E-state index contributed by atoms with van der Waals surface area (Å²) in [5.74, 6) is -0.400. The van der Waals surface area contributed by atoms with E-state index in [1.54, 1.807) is 30.6 Å². The van der Waals surface area contributed by atoms with Crippen LogP contribution in [0.4, 0.5) is 4.39 Å². The van der Waals surface area contributed by atoms with Gasteiger partial charge in [-0.1, -0.05) is 19.1 Å². The van der Waals surface area contributed by atoms with Gasteiger partial charge in [0.25, 0.3) is 5.91 Å². The molecule has 2 aromatic rings. The van der Waals surface area contributed by atoms with Gasteiger partial charge in [-0.2, -0.15) is 9.50 Å². The minimum Gasteiger partial charge on any atom is -0.424 e. The van der Waals surface area contributed by atoms with Crippen LogP contribution < -0.4 is 15.4 Å². The van der Waals surface area contributed by atoms with Crippen LogP contribution in [0.3, 0.4) is 0 Å². The molecule has 2 N–H and O–H groups in total. The van der Waals surface area contributed by atoms with Gasteiger partial charge in [-0.25, -0.2) is 9.97 Å². The van der Waals surface area contributed by atoms with Crippen LogP contribution in [0.1, 0.15) is 39.2 Å². The summed E-state index contributed by atoms with van der Waals surface area (Å²) in [6.07, 6.45) is 3.54. The highest BCUT2D eigenvalue weighted by atomic mass is 19.1. The molecule has 32 heavy (non-hydrogen) atoms. The number of aromatic nitrogens is 2. The molecule has 9 heteroatoms. The Morgan fingerprint density at radius 2 is 2.00 bits per heavy atom. The van der Waals surface area contributed by atoms with E-state index in [9.17, 15) is 4.79 Å². The highest BCUT2D eigenvalue weighted by Crippen LogP contribution is 2.53. The number of hydrogen-bond acceptors (Lipinski definition) is 7. The standard InChI is InChI=1S/C23H23FN6O2/c1-4-23(13-7-5-8-14(11-13)32-21-25-9-6-10-26-21)16-15(12-22(2,3)28-20(16)31)27-19-17(23)18(24)29-30-19/h5-11,19,27H,4,12H2,1-3H3,(H,28,31)/t19?,23-/m1/s1. The zero-order chi connectivity index (χ0) is 22.5. The van der Waals surface area contributed by atoms with Gasteiger partial charge < -0.3 is 15.4 Å². The molecule has 0 saturated heterocycles. The molecule has 3 aliphatic rings. The molecule has 8 nitrogen and oxygen atoms in total. The largest absolute Gasteiger partial charge is 0.424 e. The molecule has 2 atom stereocenters. The number of ether oxygens (including phenoxy) is 1. The third kappa shape index (κ3) is 3.07. The van der Waals surface area contributed by atoms with Crippen LogP contribution >= 0.6 is 0 Å². The van der Waals surface area contributed by atoms with E-state index in [4.69, 9.17) is 4.74 Å². The maximum Gasteiger partial charge on any atom is 0.321 e. The van der Waals surface area contributed by atoms with Crippen LogP contribution in [0, 0.1) is 0 Å². The average molecular weight is 434 g/mol. The van der Waals surface area contributed by atoms with Gasteiger partial charge in [0.15, 0.2) is 6.17 Å². The third-order valence-electron chi connectivity index (χ3n) is 6.16. The van der Waals surface area contributed by atoms with Crippen LogP contribution in [-0.2, 0) is 10.2 Å². The van der Waals surface area contributed by atoms with Gasteiger partial charge in [0.2, 0.25) is 5.95 Å². The minimum atomic E-state index is -1.05. The van der Waals surface area contributed by atoms with Crippen molar-refractivity contribution in [3.8, 4) is 11.8 Å². The van der Waals surface area contributed by atoms with E-state index in [-0.39, 0.29) is 11.9 Å². The molecule has 1 amide bonds. The second-order valence-corrected chi connectivity index (χ2v) is 8.76. The Morgan fingerprint density at radius 3 is 2.75 bits per heavy atom. The number of fused-ring (bicyclic) bond motifs is 1. The first kappa shape index (κ1) is 20.3. The first-order chi connectivity index (χ1) is 15.3. The fourth-order valence-electron chi connectivity index (χ4n) is 4.94. The molecule has 1 aromatic carbocycles. The van der Waals surface area contributed by atoms with Crippen molar-refractivity contribution >= 4 is 5.91 Å². The van der Waals surface area contributed by atoms with E-state index in [0.29, 0.717) is 29.7 Å². The minimum absolute atomic E-state index is 0.201. The highest BCUT2D eigenvalue weighted by molar-refractivity contribution is 6.00. The molecule has 3 aliphatic heterocycles. The number of benzene rings is 1. The normalized spacial score (nSPS) is 25.8. The molecule has 1 unspecified atom stereocenters. The van der Waals surface area contributed by atoms with Gasteiger partial charge in [0.05, 0.1) is 11.0 Å². The number of nitrogens with one attached hydrogen (secondary N) is 2. The average Bonchev–Trinajstić information content (AvgIpc) is 3.13. The first-order valence-electron chi connectivity index (χ1n) is 10.5. The number of rotatable bonds is 4. The summed E-state index contributed by atoms with van der Waals surface area (Å²) >= 11 is 0. The Morgan fingerprint density at radius 1 is 1.22 bits per heavy atom. The fourth-order valence-corrected chi connectivity index (χ4v) is 4.94. The Labute approximate surface area is 184 Å². The lowest BCUT2D eigenvalue weighted by atomic mass is 9.62. The SMILES string of the molecule is CC[C@@]1(c2cccc(Oc3ncccn3)c2)C2=C(CC(C)(C)NC2=O)NC2N=NC(F)=C21. The summed E-state index contributed by atoms with van der Waals surface area (Å²) in [6.45, 7) is 5.85. The number of halogens is 1. The van der Waals surface area contributed by atoms with Gasteiger partial charge in [-0.15, -0.1) is 5.11 Å². The highest BCUT2D eigenvalue weighted by Gasteiger charge is 2.55. The second kappa shape index (κ2) is 7.22. The molecule has 4 heterocycles. The maximum atomic E-state index is 15.1. The molecule has 164 valence electrons. The molecular weight excluding hydrogens is 411 g/mol. The van der Waals surface area contributed by atoms with Crippen molar-refractivity contribution in [2.45, 2.75) is 50.7 Å². The van der Waals surface area contributed by atoms with Crippen LogP contribution in [0.25, 0.3) is 0 Å². The van der Waals surface area contributed by atoms with Gasteiger partial charge in [-0.3, -0.25) is 4.79 Å². The predicted molar refractivity (Wildman–Crippen MR) is 114 cm³/mol. The fraction of sp³-hybridized carbons (Fsp3) is 0.348. The number of amides is 1. The molecule has 0 aliphatic carbocycles. The Bertz CT molecular complexity index is 1190. The quantitative estimate of drug-likeness (QED) is 0.707. The summed E-state index contributed by atoms with van der Waals surface area (Å²) in [5, 5.41) is 14.2. The van der Waals surface area contributed by atoms with Gasteiger partial charge in [0.1, 0.15) is 5.75 Å². The van der Waals surface area contributed by atoms with Crippen LogP contribution in [-0.4, -0.2) is 27.6 Å². The predicted octanol–water partition coefficient (Wildman–Crippen LogP) is 4.05. The Kier molecular flexibility index (Phi) is 4.58. The summed E-state index contributed by atoms with van der Waals surface area (Å²) in [6, 6.07) is 9.17. The van der Waals surface area contributed by atoms with Crippen molar-refractivity contribution in [2.75, 3.05) is 0 Å². The summed E-state index contributed by atoms with van der Waals surface area (Å²) < 4.78 is 20.9. The molecule has 0 bridgehead atoms. The third-order valence-corrected chi connectivity index (χ3v) is 6.16. The van der Waals surface area contributed by atoms with Gasteiger partial charge >= 0.3 is 6.01 Å². The van der Waals surface area contributed by atoms with Crippen molar-refractivity contribution in [3.05, 3.63) is 71.1 Å². The smallest absolute Gasteiger partial charge is 0.321 e. The van der Waals surface area contributed by atoms with Gasteiger partial charge in [-0.05, 0) is 44.0 Å². The lowest BCUT2D eigenvalue weighted by molar-refractivity contribution is -0.120. The zero-order valence-corrected chi connectivity index (χ0v) is 18.0. The molecule has 0 fully saturated rings.